The average molecular weight is 402 g/mol. The van der Waals surface area contributed by atoms with Gasteiger partial charge >= 0.3 is 11.6 Å². The molecule has 0 radical (unpaired) electrons. The van der Waals surface area contributed by atoms with Crippen molar-refractivity contribution in [2.75, 3.05) is 0 Å². The van der Waals surface area contributed by atoms with Crippen molar-refractivity contribution in [2.24, 2.45) is 0 Å². The molecule has 0 aliphatic rings. The fourth-order valence-electron chi connectivity index (χ4n) is 3.75. The van der Waals surface area contributed by atoms with E-state index in [-0.39, 0.29) is 17.9 Å². The highest BCUT2D eigenvalue weighted by molar-refractivity contribution is 5.98. The summed E-state index contributed by atoms with van der Waals surface area (Å²) in [6.45, 7) is 6.06. The molecule has 152 valence electrons. The number of hydrogen-bond donors (Lipinski definition) is 1. The molecule has 0 atom stereocenters. The molecule has 5 heteroatoms. The lowest BCUT2D eigenvalue weighted by molar-refractivity contribution is 0.0470. The van der Waals surface area contributed by atoms with Crippen LogP contribution in [0.2, 0.25) is 0 Å². The Morgan fingerprint density at radius 2 is 1.77 bits per heavy atom. The molecule has 0 aliphatic heterocycles. The molecule has 1 heterocycles. The van der Waals surface area contributed by atoms with Gasteiger partial charge in [-0.3, -0.25) is 0 Å². The lowest BCUT2D eigenvalue weighted by Gasteiger charge is -2.13. The van der Waals surface area contributed by atoms with Crippen molar-refractivity contribution in [1.82, 2.24) is 0 Å². The minimum Gasteiger partial charge on any atom is -0.507 e. The van der Waals surface area contributed by atoms with Crippen molar-refractivity contribution in [3.63, 3.8) is 0 Å². The van der Waals surface area contributed by atoms with E-state index in [0.717, 1.165) is 27.3 Å². The number of aryl methyl sites for hydroxylation is 1. The van der Waals surface area contributed by atoms with Crippen LogP contribution < -0.4 is 5.63 Å². The van der Waals surface area contributed by atoms with E-state index in [1.165, 1.54) is 12.1 Å². The summed E-state index contributed by atoms with van der Waals surface area (Å²) in [4.78, 5) is 24.7. The van der Waals surface area contributed by atoms with E-state index < -0.39 is 11.6 Å². The maximum atomic E-state index is 12.6. The Balaban J connectivity index is 1.68. The van der Waals surface area contributed by atoms with Gasteiger partial charge in [0.2, 0.25) is 0 Å². The third kappa shape index (κ3) is 3.66. The monoisotopic (exact) mass is 402 g/mol. The maximum Gasteiger partial charge on any atom is 0.342 e. The first kappa shape index (κ1) is 19.7. The molecular weight excluding hydrogens is 380 g/mol. The number of hydrogen-bond acceptors (Lipinski definition) is 5. The molecule has 0 spiro atoms. The molecule has 4 rings (SSSR count). The molecule has 1 aromatic heterocycles. The van der Waals surface area contributed by atoms with Crippen molar-refractivity contribution < 1.29 is 19.1 Å². The summed E-state index contributed by atoms with van der Waals surface area (Å²) in [6.07, 6.45) is 0. The maximum absolute atomic E-state index is 12.6. The molecule has 0 bridgehead atoms. The summed E-state index contributed by atoms with van der Waals surface area (Å²) in [5.41, 5.74) is 2.78. The summed E-state index contributed by atoms with van der Waals surface area (Å²) in [5, 5.41) is 12.6. The van der Waals surface area contributed by atoms with Gasteiger partial charge in [0, 0.05) is 17.0 Å². The first-order chi connectivity index (χ1) is 14.3. The van der Waals surface area contributed by atoms with Gasteiger partial charge < -0.3 is 14.3 Å². The normalized spacial score (nSPS) is 11.3. The van der Waals surface area contributed by atoms with E-state index >= 15 is 0 Å². The van der Waals surface area contributed by atoms with Crippen LogP contribution in [0.3, 0.4) is 0 Å². The Bertz CT molecular complexity index is 1330. The summed E-state index contributed by atoms with van der Waals surface area (Å²) >= 11 is 0. The fraction of sp³-hybridized carbons (Fsp3) is 0.200. The number of phenols is 1. The predicted octanol–water partition coefficient (Wildman–Crippen LogP) is 5.44. The van der Waals surface area contributed by atoms with Crippen LogP contribution in [0, 0.1) is 6.92 Å². The number of aromatic hydroxyl groups is 1. The second-order valence-electron chi connectivity index (χ2n) is 7.74. The van der Waals surface area contributed by atoms with Crippen LogP contribution in [0.5, 0.6) is 5.75 Å². The predicted molar refractivity (Wildman–Crippen MR) is 116 cm³/mol. The van der Waals surface area contributed by atoms with E-state index in [4.69, 9.17) is 9.15 Å². The number of rotatable bonds is 4. The van der Waals surface area contributed by atoms with E-state index in [9.17, 15) is 14.7 Å². The molecule has 3 aromatic carbocycles. The van der Waals surface area contributed by atoms with Gasteiger partial charge in [-0.05, 0) is 59.0 Å². The fourth-order valence-corrected chi connectivity index (χ4v) is 3.75. The van der Waals surface area contributed by atoms with Crippen LogP contribution in [0.15, 0.2) is 63.8 Å². The van der Waals surface area contributed by atoms with E-state index in [0.29, 0.717) is 17.1 Å². The van der Waals surface area contributed by atoms with Crippen LogP contribution in [0.4, 0.5) is 0 Å². The summed E-state index contributed by atoms with van der Waals surface area (Å²) in [7, 11) is 0. The van der Waals surface area contributed by atoms with Crippen molar-refractivity contribution in [3.05, 3.63) is 87.3 Å². The number of ether oxygens (including phenoxy) is 1. The molecule has 0 unspecified atom stereocenters. The Hall–Kier alpha value is -3.60. The number of fused-ring (bicyclic) bond motifs is 2. The van der Waals surface area contributed by atoms with E-state index in [1.54, 1.807) is 6.07 Å². The highest BCUT2D eigenvalue weighted by Gasteiger charge is 2.16. The van der Waals surface area contributed by atoms with Gasteiger partial charge in [0.25, 0.3) is 0 Å². The summed E-state index contributed by atoms with van der Waals surface area (Å²) in [5.74, 6) is -0.504. The van der Waals surface area contributed by atoms with Crippen molar-refractivity contribution >= 4 is 27.7 Å². The summed E-state index contributed by atoms with van der Waals surface area (Å²) < 4.78 is 10.8. The molecule has 4 aromatic rings. The van der Waals surface area contributed by atoms with E-state index in [1.807, 2.05) is 43.3 Å². The quantitative estimate of drug-likeness (QED) is 0.363. The lowest BCUT2D eigenvalue weighted by atomic mass is 9.95. The van der Waals surface area contributed by atoms with Gasteiger partial charge in [-0.25, -0.2) is 9.59 Å². The van der Waals surface area contributed by atoms with Gasteiger partial charge in [0.1, 0.15) is 23.5 Å². The van der Waals surface area contributed by atoms with Crippen LogP contribution in [0.1, 0.15) is 46.8 Å². The highest BCUT2D eigenvalue weighted by atomic mass is 16.5. The molecule has 0 saturated heterocycles. The number of carbonyl (C=O) groups is 1. The number of esters is 1. The van der Waals surface area contributed by atoms with Gasteiger partial charge in [0.15, 0.2) is 0 Å². The molecule has 0 saturated carbocycles. The molecule has 0 amide bonds. The molecule has 0 fully saturated rings. The highest BCUT2D eigenvalue weighted by Crippen LogP contribution is 2.28. The van der Waals surface area contributed by atoms with Crippen LogP contribution in [-0.2, 0) is 11.3 Å². The third-order valence-corrected chi connectivity index (χ3v) is 5.28. The molecule has 5 nitrogen and oxygen atoms in total. The van der Waals surface area contributed by atoms with Gasteiger partial charge in [-0.15, -0.1) is 0 Å². The van der Waals surface area contributed by atoms with Gasteiger partial charge in [-0.2, -0.15) is 0 Å². The van der Waals surface area contributed by atoms with Crippen molar-refractivity contribution in [1.29, 1.82) is 0 Å². The van der Waals surface area contributed by atoms with Crippen LogP contribution in [-0.4, -0.2) is 11.1 Å². The topological polar surface area (TPSA) is 76.7 Å². The SMILES string of the molecule is Cc1cc2oc(=O)cc(COC(=O)c3cc4ccccc4cc3O)c2cc1C(C)C. The smallest absolute Gasteiger partial charge is 0.342 e. The Morgan fingerprint density at radius 1 is 1.07 bits per heavy atom. The number of carbonyl (C=O) groups excluding carboxylic acids is 1. The molecule has 0 aliphatic carbocycles. The molecule has 1 N–H and O–H groups in total. The van der Waals surface area contributed by atoms with Crippen LogP contribution >= 0.6 is 0 Å². The zero-order valence-corrected chi connectivity index (χ0v) is 17.1. The Labute approximate surface area is 173 Å². The third-order valence-electron chi connectivity index (χ3n) is 5.28. The zero-order chi connectivity index (χ0) is 21.4. The molecule has 30 heavy (non-hydrogen) atoms. The molecular formula is C25H22O5. The number of phenolic OH excluding ortho intramolecular Hbond substituents is 1. The minimum absolute atomic E-state index is 0.0830. The van der Waals surface area contributed by atoms with E-state index in [2.05, 4.69) is 13.8 Å². The minimum atomic E-state index is -0.657. The first-order valence-electron chi connectivity index (χ1n) is 9.79. The summed E-state index contributed by atoms with van der Waals surface area (Å²) in [6, 6.07) is 15.7. The lowest BCUT2D eigenvalue weighted by Crippen LogP contribution is -2.09. The van der Waals surface area contributed by atoms with Crippen LogP contribution in [0.25, 0.3) is 21.7 Å². The second kappa shape index (κ2) is 7.67. The second-order valence-corrected chi connectivity index (χ2v) is 7.74. The average Bonchev–Trinajstić information content (AvgIpc) is 2.70. The first-order valence-corrected chi connectivity index (χ1v) is 9.79. The Kier molecular flexibility index (Phi) is 5.04. The zero-order valence-electron chi connectivity index (χ0n) is 17.1. The van der Waals surface area contributed by atoms with Crippen molar-refractivity contribution in [2.45, 2.75) is 33.3 Å². The standard InChI is InChI=1S/C25H22O5/c1-14(2)19-12-20-18(11-24(27)30-23(20)8-15(19)3)13-29-25(28)21-9-16-6-4-5-7-17(16)10-22(21)26/h4-12,14,26H,13H2,1-3H3. The largest absolute Gasteiger partial charge is 0.507 e. The Morgan fingerprint density at radius 3 is 2.47 bits per heavy atom. The van der Waals surface area contributed by atoms with Gasteiger partial charge in [0.05, 0.1) is 0 Å². The van der Waals surface area contributed by atoms with Crippen molar-refractivity contribution in [3.8, 4) is 5.75 Å². The number of benzene rings is 3. The van der Waals surface area contributed by atoms with Gasteiger partial charge in [-0.1, -0.05) is 38.1 Å².